The summed E-state index contributed by atoms with van der Waals surface area (Å²) in [6.45, 7) is 5.39. The molecule has 1 aromatic carbocycles. The van der Waals surface area contributed by atoms with Crippen LogP contribution in [0.5, 0.6) is 0 Å². The molecular formula is C11H18Cl2N2O2S. The highest BCUT2D eigenvalue weighted by Gasteiger charge is 2.25. The Labute approximate surface area is 119 Å². The molecule has 0 heterocycles. The first-order valence-electron chi connectivity index (χ1n) is 5.18. The standard InChI is InChI=1S/C11H17ClN2O2S.ClH/c1-8-6-9(12)4-5-10(8)17(15,16)14-11(2,3)7-13;/h4-6,14H,7,13H2,1-3H3;1H. The molecule has 1 rings (SSSR count). The van der Waals surface area contributed by atoms with Gasteiger partial charge in [-0.2, -0.15) is 0 Å². The lowest BCUT2D eigenvalue weighted by atomic mass is 10.1. The number of rotatable bonds is 4. The Morgan fingerprint density at radius 2 is 1.94 bits per heavy atom. The highest BCUT2D eigenvalue weighted by Crippen LogP contribution is 2.20. The molecule has 104 valence electrons. The fraction of sp³-hybridized carbons (Fsp3) is 0.455. The van der Waals surface area contributed by atoms with Gasteiger partial charge in [-0.1, -0.05) is 11.6 Å². The van der Waals surface area contributed by atoms with Gasteiger partial charge in [-0.15, -0.1) is 12.4 Å². The number of nitrogens with one attached hydrogen (secondary N) is 1. The highest BCUT2D eigenvalue weighted by molar-refractivity contribution is 7.89. The van der Waals surface area contributed by atoms with Gasteiger partial charge in [-0.25, -0.2) is 13.1 Å². The third kappa shape index (κ3) is 4.40. The van der Waals surface area contributed by atoms with Gasteiger partial charge < -0.3 is 5.73 Å². The molecule has 0 spiro atoms. The Morgan fingerprint density at radius 1 is 1.39 bits per heavy atom. The highest BCUT2D eigenvalue weighted by atomic mass is 35.5. The van der Waals surface area contributed by atoms with Gasteiger partial charge in [-0.05, 0) is 44.5 Å². The molecule has 18 heavy (non-hydrogen) atoms. The molecule has 0 amide bonds. The molecule has 3 N–H and O–H groups in total. The van der Waals surface area contributed by atoms with Crippen molar-refractivity contribution < 1.29 is 8.42 Å². The van der Waals surface area contributed by atoms with Crippen LogP contribution in [0, 0.1) is 6.92 Å². The predicted octanol–water partition coefficient (Wildman–Crippen LogP) is 2.09. The summed E-state index contributed by atoms with van der Waals surface area (Å²) in [5, 5.41) is 0.513. The van der Waals surface area contributed by atoms with Crippen molar-refractivity contribution in [3.8, 4) is 0 Å². The summed E-state index contributed by atoms with van der Waals surface area (Å²) in [6, 6.07) is 4.66. The van der Waals surface area contributed by atoms with E-state index in [-0.39, 0.29) is 23.8 Å². The maximum atomic E-state index is 12.1. The summed E-state index contributed by atoms with van der Waals surface area (Å²) in [5.74, 6) is 0. The van der Waals surface area contributed by atoms with E-state index in [0.29, 0.717) is 10.6 Å². The minimum Gasteiger partial charge on any atom is -0.329 e. The number of hydrogen-bond acceptors (Lipinski definition) is 3. The summed E-state index contributed by atoms with van der Waals surface area (Å²) in [6.07, 6.45) is 0. The number of benzene rings is 1. The van der Waals surface area contributed by atoms with Crippen LogP contribution >= 0.6 is 24.0 Å². The Bertz CT molecular complexity index is 516. The van der Waals surface area contributed by atoms with Gasteiger partial charge in [0.25, 0.3) is 0 Å². The third-order valence-corrected chi connectivity index (χ3v) is 4.44. The minimum absolute atomic E-state index is 0. The smallest absolute Gasteiger partial charge is 0.241 e. The van der Waals surface area contributed by atoms with Crippen molar-refractivity contribution in [3.63, 3.8) is 0 Å². The average molecular weight is 313 g/mol. The Balaban J connectivity index is 0.00000289. The molecular weight excluding hydrogens is 295 g/mol. The van der Waals surface area contributed by atoms with Crippen molar-refractivity contribution in [1.29, 1.82) is 0 Å². The van der Waals surface area contributed by atoms with E-state index < -0.39 is 15.6 Å². The molecule has 0 aliphatic carbocycles. The average Bonchev–Trinajstić information content (AvgIpc) is 2.15. The van der Waals surface area contributed by atoms with Crippen molar-refractivity contribution in [2.24, 2.45) is 5.73 Å². The van der Waals surface area contributed by atoms with Crippen molar-refractivity contribution in [1.82, 2.24) is 4.72 Å². The van der Waals surface area contributed by atoms with Crippen molar-refractivity contribution in [2.45, 2.75) is 31.2 Å². The van der Waals surface area contributed by atoms with Crippen molar-refractivity contribution in [3.05, 3.63) is 28.8 Å². The van der Waals surface area contributed by atoms with Crippen LogP contribution in [0.2, 0.25) is 5.02 Å². The SMILES string of the molecule is Cc1cc(Cl)ccc1S(=O)(=O)NC(C)(C)CN.Cl. The molecule has 0 saturated carbocycles. The van der Waals surface area contributed by atoms with Gasteiger partial charge in [-0.3, -0.25) is 0 Å². The number of nitrogens with two attached hydrogens (primary N) is 1. The molecule has 0 fully saturated rings. The van der Waals surface area contributed by atoms with E-state index >= 15 is 0 Å². The van der Waals surface area contributed by atoms with E-state index in [9.17, 15) is 8.42 Å². The maximum Gasteiger partial charge on any atom is 0.241 e. The summed E-state index contributed by atoms with van der Waals surface area (Å²) in [5.41, 5.74) is 5.44. The number of sulfonamides is 1. The van der Waals surface area contributed by atoms with Crippen LogP contribution in [-0.4, -0.2) is 20.5 Å². The molecule has 0 atom stereocenters. The molecule has 4 nitrogen and oxygen atoms in total. The van der Waals surface area contributed by atoms with Crippen LogP contribution in [0.1, 0.15) is 19.4 Å². The molecule has 0 bridgehead atoms. The van der Waals surface area contributed by atoms with Gasteiger partial charge in [0.1, 0.15) is 0 Å². The van der Waals surface area contributed by atoms with Gasteiger partial charge >= 0.3 is 0 Å². The molecule has 0 saturated heterocycles. The molecule has 1 aromatic rings. The second-order valence-electron chi connectivity index (χ2n) is 4.60. The van der Waals surface area contributed by atoms with Crippen LogP contribution < -0.4 is 10.5 Å². The van der Waals surface area contributed by atoms with Gasteiger partial charge in [0.05, 0.1) is 4.90 Å². The fourth-order valence-corrected chi connectivity index (χ4v) is 3.25. The molecule has 0 radical (unpaired) electrons. The Hall–Kier alpha value is -0.330. The lowest BCUT2D eigenvalue weighted by Gasteiger charge is -2.24. The quantitative estimate of drug-likeness (QED) is 0.894. The molecule has 0 aliphatic rings. The first-order chi connectivity index (χ1) is 7.68. The number of hydrogen-bond donors (Lipinski definition) is 2. The van der Waals surface area contributed by atoms with E-state index in [2.05, 4.69) is 4.72 Å². The Morgan fingerprint density at radius 3 is 2.39 bits per heavy atom. The van der Waals surface area contributed by atoms with E-state index in [0.717, 1.165) is 0 Å². The van der Waals surface area contributed by atoms with E-state index in [1.54, 1.807) is 32.9 Å². The van der Waals surface area contributed by atoms with Gasteiger partial charge in [0.2, 0.25) is 10.0 Å². The van der Waals surface area contributed by atoms with Crippen LogP contribution in [0.4, 0.5) is 0 Å². The van der Waals surface area contributed by atoms with E-state index in [1.165, 1.54) is 6.07 Å². The summed E-state index contributed by atoms with van der Waals surface area (Å²) in [4.78, 5) is 0.225. The molecule has 0 unspecified atom stereocenters. The summed E-state index contributed by atoms with van der Waals surface area (Å²) >= 11 is 5.79. The predicted molar refractivity (Wildman–Crippen MR) is 76.9 cm³/mol. The Kier molecular flexibility index (Phi) is 6.10. The molecule has 7 heteroatoms. The van der Waals surface area contributed by atoms with Crippen LogP contribution in [-0.2, 0) is 10.0 Å². The fourth-order valence-electron chi connectivity index (χ4n) is 1.37. The lowest BCUT2D eigenvalue weighted by Crippen LogP contribution is -2.48. The minimum atomic E-state index is -3.57. The first kappa shape index (κ1) is 17.7. The van der Waals surface area contributed by atoms with Crippen LogP contribution in [0.3, 0.4) is 0 Å². The third-order valence-electron chi connectivity index (χ3n) is 2.35. The van der Waals surface area contributed by atoms with Crippen LogP contribution in [0.25, 0.3) is 0 Å². The molecule has 0 aliphatic heterocycles. The summed E-state index contributed by atoms with van der Waals surface area (Å²) in [7, 11) is -3.57. The zero-order valence-corrected chi connectivity index (χ0v) is 12.9. The monoisotopic (exact) mass is 312 g/mol. The van der Waals surface area contributed by atoms with Gasteiger partial charge in [0, 0.05) is 17.1 Å². The first-order valence-corrected chi connectivity index (χ1v) is 7.04. The van der Waals surface area contributed by atoms with E-state index in [1.807, 2.05) is 0 Å². The second-order valence-corrected chi connectivity index (χ2v) is 6.69. The van der Waals surface area contributed by atoms with Gasteiger partial charge in [0.15, 0.2) is 0 Å². The second kappa shape index (κ2) is 6.21. The van der Waals surface area contributed by atoms with E-state index in [4.69, 9.17) is 17.3 Å². The topological polar surface area (TPSA) is 72.2 Å². The molecule has 0 aromatic heterocycles. The number of aryl methyl sites for hydroxylation is 1. The maximum absolute atomic E-state index is 12.1. The lowest BCUT2D eigenvalue weighted by molar-refractivity contribution is 0.462. The van der Waals surface area contributed by atoms with Crippen molar-refractivity contribution >= 4 is 34.0 Å². The normalized spacial score (nSPS) is 12.1. The van der Waals surface area contributed by atoms with Crippen LogP contribution in [0.15, 0.2) is 23.1 Å². The largest absolute Gasteiger partial charge is 0.329 e. The van der Waals surface area contributed by atoms with Crippen molar-refractivity contribution in [2.75, 3.05) is 6.54 Å². The zero-order valence-electron chi connectivity index (χ0n) is 10.5. The number of halogens is 2. The summed E-state index contributed by atoms with van der Waals surface area (Å²) < 4.78 is 26.8. The zero-order chi connectivity index (χ0) is 13.3.